The van der Waals surface area contributed by atoms with Crippen molar-refractivity contribution in [3.63, 3.8) is 0 Å². The summed E-state index contributed by atoms with van der Waals surface area (Å²) in [5.41, 5.74) is 0.177. The number of hydrogen-bond donors (Lipinski definition) is 0. The van der Waals surface area contributed by atoms with Crippen LogP contribution < -0.4 is 9.64 Å². The number of hydrogen-bond acceptors (Lipinski definition) is 6. The molecule has 0 unspecified atom stereocenters. The molecule has 0 aliphatic carbocycles. The Morgan fingerprint density at radius 3 is 2.39 bits per heavy atom. The number of nitro groups is 2. The Hall–Kier alpha value is -3.42. The fourth-order valence-electron chi connectivity index (χ4n) is 4.38. The summed E-state index contributed by atoms with van der Waals surface area (Å²) in [4.78, 5) is 23.9. The fraction of sp³-hybridized carbons (Fsp3) is 0.300. The molecule has 28 heavy (non-hydrogen) atoms. The van der Waals surface area contributed by atoms with Crippen LogP contribution in [0.3, 0.4) is 0 Å². The molecule has 0 radical (unpaired) electrons. The molecule has 1 spiro atoms. The number of anilines is 1. The highest BCUT2D eigenvalue weighted by atomic mass is 16.6. The SMILES string of the molecule is Cc1c([N+](=O)[O-])cc2c(c1[N+](=O)[O-])O[C@]1(C=C2)N(C)c2ccccc2C1(C)C. The topological polar surface area (TPSA) is 98.8 Å². The van der Waals surface area contributed by atoms with Crippen LogP contribution in [0.1, 0.15) is 30.5 Å². The Bertz CT molecular complexity index is 1080. The second kappa shape index (κ2) is 5.54. The van der Waals surface area contributed by atoms with Crippen LogP contribution >= 0.6 is 0 Å². The Morgan fingerprint density at radius 2 is 1.79 bits per heavy atom. The van der Waals surface area contributed by atoms with E-state index in [1.807, 2.05) is 56.1 Å². The Balaban J connectivity index is 1.96. The van der Waals surface area contributed by atoms with Crippen LogP contribution in [-0.2, 0) is 5.41 Å². The van der Waals surface area contributed by atoms with Crippen molar-refractivity contribution in [1.29, 1.82) is 0 Å². The van der Waals surface area contributed by atoms with Crippen LogP contribution in [0.2, 0.25) is 0 Å². The minimum absolute atomic E-state index is 0.0184. The second-order valence-corrected chi connectivity index (χ2v) is 7.63. The highest BCUT2D eigenvalue weighted by molar-refractivity contribution is 5.78. The molecule has 1 atom stereocenters. The first-order valence-electron chi connectivity index (χ1n) is 8.80. The van der Waals surface area contributed by atoms with E-state index in [2.05, 4.69) is 0 Å². The number of benzene rings is 2. The van der Waals surface area contributed by atoms with Gasteiger partial charge in [-0.3, -0.25) is 20.2 Å². The number of ether oxygens (including phenoxy) is 1. The van der Waals surface area contributed by atoms with E-state index >= 15 is 0 Å². The van der Waals surface area contributed by atoms with Gasteiger partial charge in [0.15, 0.2) is 0 Å². The first-order chi connectivity index (χ1) is 13.1. The third kappa shape index (κ3) is 2.05. The summed E-state index contributed by atoms with van der Waals surface area (Å²) in [6.07, 6.45) is 3.51. The van der Waals surface area contributed by atoms with Gasteiger partial charge in [-0.05, 0) is 44.6 Å². The molecule has 0 fully saturated rings. The van der Waals surface area contributed by atoms with E-state index < -0.39 is 21.0 Å². The first kappa shape index (κ1) is 18.0. The minimum Gasteiger partial charge on any atom is -0.456 e. The average molecular weight is 381 g/mol. The van der Waals surface area contributed by atoms with Crippen molar-refractivity contribution in [2.24, 2.45) is 0 Å². The number of rotatable bonds is 2. The zero-order chi connectivity index (χ0) is 20.4. The van der Waals surface area contributed by atoms with Crippen molar-refractivity contribution in [3.05, 3.63) is 73.3 Å². The Morgan fingerprint density at radius 1 is 1.11 bits per heavy atom. The van der Waals surface area contributed by atoms with Gasteiger partial charge in [0, 0.05) is 24.4 Å². The van der Waals surface area contributed by atoms with E-state index in [1.165, 1.54) is 13.0 Å². The molecular weight excluding hydrogens is 362 g/mol. The lowest BCUT2D eigenvalue weighted by atomic mass is 9.76. The van der Waals surface area contributed by atoms with Gasteiger partial charge in [-0.15, -0.1) is 0 Å². The van der Waals surface area contributed by atoms with Crippen molar-refractivity contribution in [1.82, 2.24) is 0 Å². The van der Waals surface area contributed by atoms with Gasteiger partial charge in [-0.2, -0.15) is 0 Å². The molecule has 0 N–H and O–H groups in total. The van der Waals surface area contributed by atoms with Crippen molar-refractivity contribution in [3.8, 4) is 5.75 Å². The predicted octanol–water partition coefficient (Wildman–Crippen LogP) is 4.34. The predicted molar refractivity (Wildman–Crippen MR) is 105 cm³/mol. The summed E-state index contributed by atoms with van der Waals surface area (Å²) in [5.74, 6) is 0.0586. The van der Waals surface area contributed by atoms with Crippen molar-refractivity contribution >= 4 is 23.1 Å². The molecule has 2 aliphatic heterocycles. The van der Waals surface area contributed by atoms with Gasteiger partial charge in [-0.1, -0.05) is 18.2 Å². The normalized spacial score (nSPS) is 21.2. The summed E-state index contributed by atoms with van der Waals surface area (Å²) in [6, 6.07) is 9.21. The average Bonchev–Trinajstić information content (AvgIpc) is 2.80. The van der Waals surface area contributed by atoms with Gasteiger partial charge in [-0.25, -0.2) is 0 Å². The summed E-state index contributed by atoms with van der Waals surface area (Å²) in [7, 11) is 1.88. The molecule has 8 nitrogen and oxygen atoms in total. The third-order valence-electron chi connectivity index (χ3n) is 5.97. The van der Waals surface area contributed by atoms with Crippen LogP contribution in [0.25, 0.3) is 6.08 Å². The lowest BCUT2D eigenvalue weighted by Crippen LogP contribution is -2.58. The first-order valence-corrected chi connectivity index (χ1v) is 8.80. The lowest BCUT2D eigenvalue weighted by Gasteiger charge is -2.45. The Labute approximate surface area is 161 Å². The van der Waals surface area contributed by atoms with E-state index in [4.69, 9.17) is 4.74 Å². The number of fused-ring (bicyclic) bond motifs is 2. The molecule has 0 amide bonds. The quantitative estimate of drug-likeness (QED) is 0.567. The molecule has 8 heteroatoms. The van der Waals surface area contributed by atoms with Crippen LogP contribution in [0.15, 0.2) is 36.4 Å². The molecule has 2 heterocycles. The molecule has 144 valence electrons. The smallest absolute Gasteiger partial charge is 0.321 e. The van der Waals surface area contributed by atoms with Crippen LogP contribution in [0, 0.1) is 27.2 Å². The number of likely N-dealkylation sites (N-methyl/N-ethyl adjacent to an activating group) is 1. The van der Waals surface area contributed by atoms with Gasteiger partial charge < -0.3 is 9.64 Å². The summed E-state index contributed by atoms with van der Waals surface area (Å²) in [5, 5.41) is 23.1. The van der Waals surface area contributed by atoms with E-state index in [0.717, 1.165) is 11.3 Å². The number of nitrogens with zero attached hydrogens (tertiary/aromatic N) is 3. The van der Waals surface area contributed by atoms with Crippen LogP contribution in [-0.4, -0.2) is 22.6 Å². The summed E-state index contributed by atoms with van der Waals surface area (Å²) < 4.78 is 6.37. The van der Waals surface area contributed by atoms with E-state index in [0.29, 0.717) is 5.56 Å². The zero-order valence-corrected chi connectivity index (χ0v) is 15.9. The molecule has 4 rings (SSSR count). The van der Waals surface area contributed by atoms with Crippen LogP contribution in [0.5, 0.6) is 5.75 Å². The molecule has 2 aliphatic rings. The molecule has 0 saturated carbocycles. The second-order valence-electron chi connectivity index (χ2n) is 7.63. The molecule has 2 aromatic carbocycles. The molecule has 0 saturated heterocycles. The van der Waals surface area contributed by atoms with Crippen molar-refractivity contribution < 1.29 is 14.6 Å². The highest BCUT2D eigenvalue weighted by Gasteiger charge is 2.58. The monoisotopic (exact) mass is 381 g/mol. The molecular formula is C20H19N3O5. The maximum Gasteiger partial charge on any atom is 0.321 e. The maximum absolute atomic E-state index is 11.8. The summed E-state index contributed by atoms with van der Waals surface area (Å²) >= 11 is 0. The molecule has 0 bridgehead atoms. The van der Waals surface area contributed by atoms with Gasteiger partial charge in [0.1, 0.15) is 5.56 Å². The van der Waals surface area contributed by atoms with E-state index in [9.17, 15) is 20.2 Å². The molecule has 2 aromatic rings. The van der Waals surface area contributed by atoms with Gasteiger partial charge in [0.2, 0.25) is 11.5 Å². The van der Waals surface area contributed by atoms with E-state index in [-0.39, 0.29) is 22.7 Å². The van der Waals surface area contributed by atoms with Gasteiger partial charge in [0.25, 0.3) is 5.69 Å². The maximum atomic E-state index is 11.8. The molecule has 0 aromatic heterocycles. The van der Waals surface area contributed by atoms with Crippen molar-refractivity contribution in [2.45, 2.75) is 31.9 Å². The van der Waals surface area contributed by atoms with Crippen LogP contribution in [0.4, 0.5) is 17.1 Å². The zero-order valence-electron chi connectivity index (χ0n) is 15.9. The fourth-order valence-corrected chi connectivity index (χ4v) is 4.38. The Kier molecular flexibility index (Phi) is 3.56. The van der Waals surface area contributed by atoms with Crippen molar-refractivity contribution in [2.75, 3.05) is 11.9 Å². The minimum atomic E-state index is -0.989. The lowest BCUT2D eigenvalue weighted by molar-refractivity contribution is -0.396. The number of nitro benzene ring substituents is 2. The third-order valence-corrected chi connectivity index (χ3v) is 5.97. The number of para-hydroxylation sites is 1. The standard InChI is InChI=1S/C20H19N3O5/c1-12-16(22(24)25)11-13-9-10-20(28-18(13)17(12)23(26)27)19(2,3)14-7-5-6-8-15(14)21(20)4/h5-11H,1-4H3/t20-/m0/s1. The summed E-state index contributed by atoms with van der Waals surface area (Å²) in [6.45, 7) is 5.42. The highest BCUT2D eigenvalue weighted by Crippen LogP contribution is 2.56. The van der Waals surface area contributed by atoms with E-state index in [1.54, 1.807) is 6.08 Å². The van der Waals surface area contributed by atoms with Gasteiger partial charge in [0.05, 0.1) is 15.3 Å². The largest absolute Gasteiger partial charge is 0.456 e. The van der Waals surface area contributed by atoms with Gasteiger partial charge >= 0.3 is 5.69 Å².